The van der Waals surface area contributed by atoms with E-state index in [2.05, 4.69) is 17.4 Å². The molecule has 0 aromatic heterocycles. The molecule has 0 radical (unpaired) electrons. The van der Waals surface area contributed by atoms with Crippen molar-refractivity contribution in [1.29, 1.82) is 0 Å². The summed E-state index contributed by atoms with van der Waals surface area (Å²) in [4.78, 5) is 12.5. The zero-order valence-electron chi connectivity index (χ0n) is 18.9. The summed E-state index contributed by atoms with van der Waals surface area (Å²) < 4.78 is 6.08. The summed E-state index contributed by atoms with van der Waals surface area (Å²) >= 11 is 0. The van der Waals surface area contributed by atoms with Gasteiger partial charge in [-0.3, -0.25) is 4.79 Å². The number of aliphatic hydroxyl groups excluding tert-OH is 1. The molecule has 4 nitrogen and oxygen atoms in total. The first kappa shape index (κ1) is 24.9. The van der Waals surface area contributed by atoms with Gasteiger partial charge in [0.15, 0.2) is 0 Å². The molecule has 170 valence electrons. The number of ether oxygens (including phenoxy) is 1. The SMILES string of the molecule is O=C(CCCCCCCCCCCCCCO)OC1(c2ccccc2)CCNCC1. The molecule has 4 heteroatoms. The van der Waals surface area contributed by atoms with Crippen LogP contribution in [-0.4, -0.2) is 30.8 Å². The third-order valence-electron chi connectivity index (χ3n) is 6.31. The van der Waals surface area contributed by atoms with Crippen molar-refractivity contribution in [2.75, 3.05) is 19.7 Å². The molecule has 0 spiro atoms. The van der Waals surface area contributed by atoms with Crippen LogP contribution in [0.25, 0.3) is 0 Å². The summed E-state index contributed by atoms with van der Waals surface area (Å²) in [5, 5.41) is 12.1. The number of aliphatic hydroxyl groups is 1. The monoisotopic (exact) mass is 417 g/mol. The van der Waals surface area contributed by atoms with Crippen LogP contribution >= 0.6 is 0 Å². The molecule has 1 aliphatic heterocycles. The molecular formula is C26H43NO3. The van der Waals surface area contributed by atoms with Crippen LogP contribution in [0.5, 0.6) is 0 Å². The van der Waals surface area contributed by atoms with Gasteiger partial charge in [0, 0.05) is 25.9 Å². The molecule has 2 N–H and O–H groups in total. The first-order chi connectivity index (χ1) is 14.8. The second kappa shape index (κ2) is 15.4. The van der Waals surface area contributed by atoms with Crippen molar-refractivity contribution in [2.24, 2.45) is 0 Å². The van der Waals surface area contributed by atoms with Crippen LogP contribution in [0, 0.1) is 0 Å². The lowest BCUT2D eigenvalue weighted by atomic mass is 9.84. The summed E-state index contributed by atoms with van der Waals surface area (Å²) in [7, 11) is 0. The fourth-order valence-corrected chi connectivity index (χ4v) is 4.44. The molecule has 1 aromatic rings. The second-order valence-corrected chi connectivity index (χ2v) is 8.80. The van der Waals surface area contributed by atoms with Crippen molar-refractivity contribution < 1.29 is 14.6 Å². The molecule has 1 heterocycles. The maximum Gasteiger partial charge on any atom is 0.306 e. The largest absolute Gasteiger partial charge is 0.454 e. The third-order valence-corrected chi connectivity index (χ3v) is 6.31. The van der Waals surface area contributed by atoms with E-state index in [4.69, 9.17) is 9.84 Å². The number of unbranched alkanes of at least 4 members (excludes halogenated alkanes) is 11. The Bertz CT molecular complexity index is 555. The lowest BCUT2D eigenvalue weighted by molar-refractivity contribution is -0.164. The van der Waals surface area contributed by atoms with E-state index in [-0.39, 0.29) is 5.97 Å². The lowest BCUT2D eigenvalue weighted by Gasteiger charge is -2.37. The summed E-state index contributed by atoms with van der Waals surface area (Å²) in [5.41, 5.74) is 0.690. The number of benzene rings is 1. The van der Waals surface area contributed by atoms with Crippen molar-refractivity contribution in [3.05, 3.63) is 35.9 Å². The number of hydrogen-bond acceptors (Lipinski definition) is 4. The number of piperidine rings is 1. The van der Waals surface area contributed by atoms with Gasteiger partial charge in [0.1, 0.15) is 5.60 Å². The van der Waals surface area contributed by atoms with E-state index >= 15 is 0 Å². The molecule has 0 amide bonds. The highest BCUT2D eigenvalue weighted by Gasteiger charge is 2.37. The molecule has 1 fully saturated rings. The van der Waals surface area contributed by atoms with E-state index in [1.807, 2.05) is 18.2 Å². The zero-order chi connectivity index (χ0) is 21.3. The van der Waals surface area contributed by atoms with Gasteiger partial charge in [0.25, 0.3) is 0 Å². The predicted molar refractivity (Wildman–Crippen MR) is 123 cm³/mol. The van der Waals surface area contributed by atoms with Crippen LogP contribution in [0.15, 0.2) is 30.3 Å². The van der Waals surface area contributed by atoms with Crippen molar-refractivity contribution >= 4 is 5.97 Å². The van der Waals surface area contributed by atoms with Crippen LogP contribution in [-0.2, 0) is 15.1 Å². The molecule has 2 rings (SSSR count). The van der Waals surface area contributed by atoms with E-state index < -0.39 is 5.60 Å². The minimum atomic E-state index is -0.443. The van der Waals surface area contributed by atoms with Gasteiger partial charge in [0.05, 0.1) is 0 Å². The Balaban J connectivity index is 1.52. The fraction of sp³-hybridized carbons (Fsp3) is 0.731. The molecule has 1 aliphatic rings. The van der Waals surface area contributed by atoms with Gasteiger partial charge in [0.2, 0.25) is 0 Å². The Labute approximate surface area is 183 Å². The summed E-state index contributed by atoms with van der Waals surface area (Å²) in [6.07, 6.45) is 16.8. The highest BCUT2D eigenvalue weighted by atomic mass is 16.6. The smallest absolute Gasteiger partial charge is 0.306 e. The first-order valence-electron chi connectivity index (χ1n) is 12.4. The van der Waals surface area contributed by atoms with Gasteiger partial charge < -0.3 is 15.2 Å². The summed E-state index contributed by atoms with van der Waals surface area (Å²) in [6, 6.07) is 10.3. The van der Waals surface area contributed by atoms with E-state index in [1.54, 1.807) is 0 Å². The molecule has 1 saturated heterocycles. The third kappa shape index (κ3) is 9.61. The molecule has 0 atom stereocenters. The first-order valence-corrected chi connectivity index (χ1v) is 12.4. The number of carbonyl (C=O) groups is 1. The number of rotatable bonds is 16. The van der Waals surface area contributed by atoms with E-state index in [0.29, 0.717) is 13.0 Å². The van der Waals surface area contributed by atoms with Crippen LogP contribution < -0.4 is 5.32 Å². The Morgan fingerprint density at radius 1 is 0.800 bits per heavy atom. The molecule has 0 unspecified atom stereocenters. The molecule has 0 aliphatic carbocycles. The number of esters is 1. The standard InChI is InChI=1S/C26H43NO3/c28-23-15-10-8-6-4-2-1-3-5-7-9-14-18-25(29)30-26(19-21-27-22-20-26)24-16-12-11-13-17-24/h11-13,16-17,27-28H,1-10,14-15,18-23H2. The fourth-order valence-electron chi connectivity index (χ4n) is 4.44. The molecule has 1 aromatic carbocycles. The maximum absolute atomic E-state index is 12.5. The second-order valence-electron chi connectivity index (χ2n) is 8.80. The van der Waals surface area contributed by atoms with E-state index in [1.165, 1.54) is 57.8 Å². The van der Waals surface area contributed by atoms with Gasteiger partial charge in [-0.15, -0.1) is 0 Å². The lowest BCUT2D eigenvalue weighted by Crippen LogP contribution is -2.43. The normalized spacial score (nSPS) is 15.8. The number of carbonyl (C=O) groups excluding carboxylic acids is 1. The highest BCUT2D eigenvalue weighted by molar-refractivity contribution is 5.70. The maximum atomic E-state index is 12.5. The van der Waals surface area contributed by atoms with E-state index in [9.17, 15) is 4.79 Å². The minimum Gasteiger partial charge on any atom is -0.454 e. The zero-order valence-corrected chi connectivity index (χ0v) is 18.9. The summed E-state index contributed by atoms with van der Waals surface area (Å²) in [6.45, 7) is 2.12. The Morgan fingerprint density at radius 3 is 1.83 bits per heavy atom. The van der Waals surface area contributed by atoms with Crippen LogP contribution in [0.2, 0.25) is 0 Å². The Morgan fingerprint density at radius 2 is 1.30 bits per heavy atom. The average molecular weight is 418 g/mol. The van der Waals surface area contributed by atoms with Gasteiger partial charge in [-0.05, 0) is 31.5 Å². The van der Waals surface area contributed by atoms with Crippen molar-refractivity contribution in [3.8, 4) is 0 Å². The molecular weight excluding hydrogens is 374 g/mol. The van der Waals surface area contributed by atoms with Crippen molar-refractivity contribution in [3.63, 3.8) is 0 Å². The van der Waals surface area contributed by atoms with Gasteiger partial charge in [-0.25, -0.2) is 0 Å². The number of hydrogen-bond donors (Lipinski definition) is 2. The van der Waals surface area contributed by atoms with Gasteiger partial charge in [-0.1, -0.05) is 94.5 Å². The van der Waals surface area contributed by atoms with E-state index in [0.717, 1.165) is 50.8 Å². The number of nitrogens with one attached hydrogen (secondary N) is 1. The quantitative estimate of drug-likeness (QED) is 0.261. The molecule has 30 heavy (non-hydrogen) atoms. The van der Waals surface area contributed by atoms with Gasteiger partial charge >= 0.3 is 5.97 Å². The van der Waals surface area contributed by atoms with Gasteiger partial charge in [-0.2, -0.15) is 0 Å². The Hall–Kier alpha value is -1.39. The average Bonchev–Trinajstić information content (AvgIpc) is 2.78. The molecule has 0 bridgehead atoms. The predicted octanol–water partition coefficient (Wildman–Crippen LogP) is 5.87. The molecule has 0 saturated carbocycles. The van der Waals surface area contributed by atoms with Crippen LogP contribution in [0.4, 0.5) is 0 Å². The Kier molecular flexibility index (Phi) is 12.8. The summed E-state index contributed by atoms with van der Waals surface area (Å²) in [5.74, 6) is -0.0399. The van der Waals surface area contributed by atoms with Crippen molar-refractivity contribution in [1.82, 2.24) is 5.32 Å². The van der Waals surface area contributed by atoms with Crippen LogP contribution in [0.3, 0.4) is 0 Å². The topological polar surface area (TPSA) is 58.6 Å². The minimum absolute atomic E-state index is 0.0399. The highest BCUT2D eigenvalue weighted by Crippen LogP contribution is 2.35. The van der Waals surface area contributed by atoms with Crippen molar-refractivity contribution in [2.45, 2.75) is 102 Å². The van der Waals surface area contributed by atoms with Crippen LogP contribution in [0.1, 0.15) is 102 Å².